The number of rotatable bonds is 1. The maximum Gasteiger partial charge on any atom is 0.333 e. The highest BCUT2D eigenvalue weighted by Gasteiger charge is 2.68. The molecule has 0 N–H and O–H groups in total. The molecule has 1 spiro atoms. The lowest BCUT2D eigenvalue weighted by Gasteiger charge is -2.41. The first-order valence-electron chi connectivity index (χ1n) is 8.63. The molecule has 2 aromatic rings. The summed E-state index contributed by atoms with van der Waals surface area (Å²) in [5, 5.41) is 0. The summed E-state index contributed by atoms with van der Waals surface area (Å²) >= 11 is 0. The Morgan fingerprint density at radius 2 is 1.45 bits per heavy atom. The Morgan fingerprint density at radius 3 is 2.00 bits per heavy atom. The molecule has 29 heavy (non-hydrogen) atoms. The lowest BCUT2D eigenvalue weighted by Crippen LogP contribution is -2.70. The van der Waals surface area contributed by atoms with Crippen molar-refractivity contribution >= 4 is 17.8 Å². The van der Waals surface area contributed by atoms with Crippen molar-refractivity contribution in [2.45, 2.75) is 11.5 Å². The van der Waals surface area contributed by atoms with Gasteiger partial charge in [-0.15, -0.1) is 0 Å². The van der Waals surface area contributed by atoms with E-state index in [1.165, 1.54) is 40.6 Å². The first-order valence-corrected chi connectivity index (χ1v) is 8.63. The summed E-state index contributed by atoms with van der Waals surface area (Å²) in [5.41, 5.74) is -3.21. The smallest absolute Gasteiger partial charge is 0.333 e. The maximum atomic E-state index is 13.3. The summed E-state index contributed by atoms with van der Waals surface area (Å²) in [7, 11) is 5.12. The largest absolute Gasteiger partial charge is 0.450 e. The van der Waals surface area contributed by atoms with Crippen molar-refractivity contribution in [1.29, 1.82) is 0 Å². The molecule has 0 aliphatic carbocycles. The minimum Gasteiger partial charge on any atom is -0.450 e. The molecule has 0 bridgehead atoms. The number of fused-ring (bicyclic) bond motifs is 1. The zero-order chi connectivity index (χ0) is 21.2. The van der Waals surface area contributed by atoms with Gasteiger partial charge >= 0.3 is 11.7 Å². The van der Waals surface area contributed by atoms with E-state index < -0.39 is 40.6 Å². The van der Waals surface area contributed by atoms with E-state index in [4.69, 9.17) is 4.74 Å². The van der Waals surface area contributed by atoms with Crippen molar-refractivity contribution in [3.63, 3.8) is 0 Å². The van der Waals surface area contributed by atoms with Gasteiger partial charge in [-0.05, 0) is 17.7 Å². The second-order valence-electron chi connectivity index (χ2n) is 6.99. The Kier molecular flexibility index (Phi) is 3.76. The molecular formula is C18H17N5O6. The number of likely N-dealkylation sites (N-methyl/N-ethyl adjacent to an activating group) is 2. The second kappa shape index (κ2) is 5.87. The minimum atomic E-state index is -2.24. The van der Waals surface area contributed by atoms with Gasteiger partial charge in [0, 0.05) is 40.6 Å². The van der Waals surface area contributed by atoms with Gasteiger partial charge in [0.25, 0.3) is 23.0 Å². The highest BCUT2D eigenvalue weighted by atomic mass is 16.5. The molecule has 1 unspecified atom stereocenters. The summed E-state index contributed by atoms with van der Waals surface area (Å²) in [4.78, 5) is 69.7. The van der Waals surface area contributed by atoms with Gasteiger partial charge in [0.1, 0.15) is 0 Å². The van der Waals surface area contributed by atoms with E-state index in [1.807, 2.05) is 0 Å². The van der Waals surface area contributed by atoms with Crippen LogP contribution < -0.4 is 16.0 Å². The first kappa shape index (κ1) is 18.6. The van der Waals surface area contributed by atoms with E-state index in [0.717, 1.165) is 18.9 Å². The van der Waals surface area contributed by atoms with Crippen molar-refractivity contribution < 1.29 is 19.1 Å². The Labute approximate surface area is 163 Å². The molecule has 1 saturated heterocycles. The van der Waals surface area contributed by atoms with Crippen LogP contribution in [0.5, 0.6) is 5.88 Å². The predicted octanol–water partition coefficient (Wildman–Crippen LogP) is -1.21. The van der Waals surface area contributed by atoms with E-state index in [1.54, 1.807) is 12.1 Å². The van der Waals surface area contributed by atoms with Crippen LogP contribution in [0.3, 0.4) is 0 Å². The standard InChI is InChI=1S/C18H17N5O6/c1-20-12(24)10-11(9-5-7-19-8-6-9)18(29-13(10)21(2)16(20)27)14(25)22(3)17(28)23(4)15(18)26/h5-8,11H,1-4H3. The zero-order valence-corrected chi connectivity index (χ0v) is 16.1. The molecule has 11 nitrogen and oxygen atoms in total. The highest BCUT2D eigenvalue weighted by Crippen LogP contribution is 2.49. The number of barbiturate groups is 1. The number of nitrogens with zero attached hydrogens (tertiary/aromatic N) is 5. The van der Waals surface area contributed by atoms with Crippen molar-refractivity contribution in [3.05, 3.63) is 56.5 Å². The van der Waals surface area contributed by atoms with E-state index >= 15 is 0 Å². The number of urea groups is 1. The number of amides is 4. The third-order valence-corrected chi connectivity index (χ3v) is 5.45. The van der Waals surface area contributed by atoms with Gasteiger partial charge in [0.05, 0.1) is 11.5 Å². The summed E-state index contributed by atoms with van der Waals surface area (Å²) in [6, 6.07) is 2.28. The topological polar surface area (TPSA) is 124 Å². The van der Waals surface area contributed by atoms with E-state index in [9.17, 15) is 24.0 Å². The summed E-state index contributed by atoms with van der Waals surface area (Å²) < 4.78 is 7.81. The van der Waals surface area contributed by atoms with Crippen LogP contribution in [-0.4, -0.2) is 61.5 Å². The molecule has 0 aromatic carbocycles. The van der Waals surface area contributed by atoms with Gasteiger partial charge in [0.2, 0.25) is 5.88 Å². The van der Waals surface area contributed by atoms with E-state index in [2.05, 4.69) is 4.98 Å². The normalized spacial score (nSPS) is 20.3. The summed E-state index contributed by atoms with van der Waals surface area (Å²) in [5.74, 6) is -3.20. The molecule has 4 rings (SSSR count). The van der Waals surface area contributed by atoms with Crippen LogP contribution in [0.1, 0.15) is 17.0 Å². The lowest BCUT2D eigenvalue weighted by molar-refractivity contribution is -0.164. The van der Waals surface area contributed by atoms with Crippen LogP contribution in [0.15, 0.2) is 34.1 Å². The van der Waals surface area contributed by atoms with Crippen molar-refractivity contribution in [2.75, 3.05) is 14.1 Å². The second-order valence-corrected chi connectivity index (χ2v) is 6.99. The SMILES string of the molecule is CN1C(=O)N(C)C(=O)C2(Oc3c(c(=O)n(C)c(=O)n3C)C2c2ccncc2)C1=O. The van der Waals surface area contributed by atoms with Gasteiger partial charge in [0.15, 0.2) is 0 Å². The number of aromatic nitrogens is 3. The van der Waals surface area contributed by atoms with Gasteiger partial charge in [-0.1, -0.05) is 0 Å². The number of pyridine rings is 1. The highest BCUT2D eigenvalue weighted by molar-refractivity contribution is 6.22. The number of carbonyl (C=O) groups excluding carboxylic acids is 3. The fourth-order valence-electron chi connectivity index (χ4n) is 3.92. The third kappa shape index (κ3) is 2.12. The molecule has 2 aliphatic rings. The number of ether oxygens (including phenoxy) is 1. The van der Waals surface area contributed by atoms with Crippen molar-refractivity contribution in [3.8, 4) is 5.88 Å². The minimum absolute atomic E-state index is 0.0151. The third-order valence-electron chi connectivity index (χ3n) is 5.45. The number of hydrogen-bond donors (Lipinski definition) is 0. The fraction of sp³-hybridized carbons (Fsp3) is 0.333. The first-order chi connectivity index (χ1) is 13.6. The van der Waals surface area contributed by atoms with Crippen LogP contribution >= 0.6 is 0 Å². The van der Waals surface area contributed by atoms with Gasteiger partial charge in [-0.3, -0.25) is 38.3 Å². The Hall–Kier alpha value is -3.76. The molecule has 0 radical (unpaired) electrons. The Morgan fingerprint density at radius 1 is 0.897 bits per heavy atom. The Bertz CT molecular complexity index is 1170. The molecule has 4 amide bonds. The number of hydrogen-bond acceptors (Lipinski definition) is 7. The van der Waals surface area contributed by atoms with Crippen molar-refractivity contribution in [2.24, 2.45) is 14.1 Å². The number of imide groups is 2. The van der Waals surface area contributed by atoms with Gasteiger partial charge in [-0.2, -0.15) is 0 Å². The Balaban J connectivity index is 2.12. The maximum absolute atomic E-state index is 13.3. The molecule has 2 aromatic heterocycles. The van der Waals surface area contributed by atoms with Crippen molar-refractivity contribution in [1.82, 2.24) is 23.9 Å². The molecular weight excluding hydrogens is 382 g/mol. The van der Waals surface area contributed by atoms with Crippen LogP contribution in [0, 0.1) is 0 Å². The monoisotopic (exact) mass is 399 g/mol. The average Bonchev–Trinajstić information content (AvgIpc) is 3.10. The van der Waals surface area contributed by atoms with Gasteiger partial charge < -0.3 is 4.74 Å². The molecule has 0 saturated carbocycles. The van der Waals surface area contributed by atoms with Crippen LogP contribution in [0.4, 0.5) is 4.79 Å². The summed E-state index contributed by atoms with van der Waals surface area (Å²) in [6.07, 6.45) is 2.90. The van der Waals surface area contributed by atoms with E-state index in [-0.39, 0.29) is 11.4 Å². The van der Waals surface area contributed by atoms with Crippen LogP contribution in [-0.2, 0) is 23.7 Å². The molecule has 2 aliphatic heterocycles. The zero-order valence-electron chi connectivity index (χ0n) is 16.1. The van der Waals surface area contributed by atoms with E-state index in [0.29, 0.717) is 5.56 Å². The molecule has 4 heterocycles. The number of carbonyl (C=O) groups is 3. The average molecular weight is 399 g/mol. The molecule has 150 valence electrons. The summed E-state index contributed by atoms with van der Waals surface area (Å²) in [6.45, 7) is 0. The molecule has 1 fully saturated rings. The lowest BCUT2D eigenvalue weighted by atomic mass is 9.77. The van der Waals surface area contributed by atoms with Gasteiger partial charge in [-0.25, -0.2) is 9.59 Å². The molecule has 1 atom stereocenters. The quantitative estimate of drug-likeness (QED) is 0.551. The van der Waals surface area contributed by atoms with Crippen LogP contribution in [0.25, 0.3) is 0 Å². The fourth-order valence-corrected chi connectivity index (χ4v) is 3.92. The predicted molar refractivity (Wildman–Crippen MR) is 97.3 cm³/mol. The van der Waals surface area contributed by atoms with Crippen LogP contribution in [0.2, 0.25) is 0 Å². The molecule has 11 heteroatoms.